The molecule has 0 amide bonds. The molecule has 1 unspecified atom stereocenters. The molecule has 1 atom stereocenters. The van der Waals surface area contributed by atoms with Crippen LogP contribution < -0.4 is 9.47 Å². The first-order valence-electron chi connectivity index (χ1n) is 10.5. The summed E-state index contributed by atoms with van der Waals surface area (Å²) in [6.45, 7) is 5.41. The van der Waals surface area contributed by atoms with Crippen LogP contribution in [-0.2, 0) is 23.2 Å². The first-order chi connectivity index (χ1) is 14.2. The molecule has 2 N–H and O–H groups in total. The highest BCUT2D eigenvalue weighted by atomic mass is 16.7. The van der Waals surface area contributed by atoms with Gasteiger partial charge in [0.1, 0.15) is 5.60 Å². The van der Waals surface area contributed by atoms with Crippen molar-refractivity contribution in [1.82, 2.24) is 4.98 Å². The number of hydrogen-bond acceptors (Lipinski definition) is 4. The number of aromatic nitrogens is 1. The van der Waals surface area contributed by atoms with Gasteiger partial charge < -0.3 is 24.3 Å². The van der Waals surface area contributed by atoms with Gasteiger partial charge in [0.2, 0.25) is 6.79 Å². The van der Waals surface area contributed by atoms with Crippen LogP contribution in [0.15, 0.2) is 30.3 Å². The molecule has 2 aliphatic rings. The number of hydrogen-bond donors (Lipinski definition) is 2. The Bertz CT molecular complexity index is 1070. The molecule has 0 bridgehead atoms. The molecular formula is C24H27NO4. The molecule has 0 saturated heterocycles. The van der Waals surface area contributed by atoms with Crippen LogP contribution in [-0.4, -0.2) is 30.1 Å². The molecule has 0 saturated carbocycles. The molecule has 3 heterocycles. The van der Waals surface area contributed by atoms with Gasteiger partial charge in [-0.25, -0.2) is 0 Å². The number of aliphatic hydroxyl groups excluding tert-OH is 1. The zero-order valence-electron chi connectivity index (χ0n) is 17.0. The van der Waals surface area contributed by atoms with Gasteiger partial charge in [0.05, 0.1) is 12.3 Å². The molecule has 5 rings (SSSR count). The fourth-order valence-corrected chi connectivity index (χ4v) is 4.85. The molecule has 29 heavy (non-hydrogen) atoms. The molecule has 152 valence electrons. The Hall–Kier alpha value is -2.50. The Labute approximate surface area is 170 Å². The van der Waals surface area contributed by atoms with E-state index in [0.717, 1.165) is 42.0 Å². The number of H-pyrrole nitrogens is 1. The minimum atomic E-state index is -0.425. The fraction of sp³-hybridized carbons (Fsp3) is 0.417. The van der Waals surface area contributed by atoms with E-state index in [9.17, 15) is 5.11 Å². The van der Waals surface area contributed by atoms with Gasteiger partial charge in [0.15, 0.2) is 11.5 Å². The molecule has 0 radical (unpaired) electrons. The van der Waals surface area contributed by atoms with Gasteiger partial charge in [-0.1, -0.05) is 19.9 Å². The molecule has 2 aliphatic heterocycles. The standard InChI is InChI=1S/C24H27NO4/c1-3-15-11-17(16-5-6-20-21(13-16)28-14-27-20)12-19-18-7-10-29-24(4-2,8-9-26)23(18)25-22(15)19/h5-6,11-13,25-26H,3-4,7-10,14H2,1-2H3. The summed E-state index contributed by atoms with van der Waals surface area (Å²) in [5.41, 5.74) is 6.86. The summed E-state index contributed by atoms with van der Waals surface area (Å²) in [7, 11) is 0. The lowest BCUT2D eigenvalue weighted by Crippen LogP contribution is -2.36. The highest BCUT2D eigenvalue weighted by Gasteiger charge is 2.38. The highest BCUT2D eigenvalue weighted by Crippen LogP contribution is 2.44. The molecule has 0 aliphatic carbocycles. The van der Waals surface area contributed by atoms with Gasteiger partial charge in [-0.15, -0.1) is 0 Å². The van der Waals surface area contributed by atoms with E-state index in [2.05, 4.69) is 43.1 Å². The van der Waals surface area contributed by atoms with Crippen LogP contribution in [0.2, 0.25) is 0 Å². The summed E-state index contributed by atoms with van der Waals surface area (Å²) in [6, 6.07) is 10.7. The van der Waals surface area contributed by atoms with E-state index in [1.165, 1.54) is 27.6 Å². The van der Waals surface area contributed by atoms with Gasteiger partial charge in [-0.3, -0.25) is 0 Å². The molecular weight excluding hydrogens is 366 g/mol. The van der Waals surface area contributed by atoms with Crippen molar-refractivity contribution in [2.24, 2.45) is 0 Å². The maximum Gasteiger partial charge on any atom is 0.231 e. The van der Waals surface area contributed by atoms with Gasteiger partial charge in [-0.2, -0.15) is 0 Å². The van der Waals surface area contributed by atoms with Crippen molar-refractivity contribution in [2.75, 3.05) is 20.0 Å². The second-order valence-electron chi connectivity index (χ2n) is 7.88. The van der Waals surface area contributed by atoms with Crippen LogP contribution in [0, 0.1) is 0 Å². The molecule has 0 spiro atoms. The number of aliphatic hydroxyl groups is 1. The Morgan fingerprint density at radius 2 is 1.93 bits per heavy atom. The van der Waals surface area contributed by atoms with Crippen molar-refractivity contribution in [3.8, 4) is 22.6 Å². The third kappa shape index (κ3) is 2.83. The Kier molecular flexibility index (Phi) is 4.52. The number of benzene rings is 2. The molecule has 2 aromatic carbocycles. The van der Waals surface area contributed by atoms with Crippen molar-refractivity contribution < 1.29 is 19.3 Å². The van der Waals surface area contributed by atoms with Crippen molar-refractivity contribution >= 4 is 10.9 Å². The summed E-state index contributed by atoms with van der Waals surface area (Å²) >= 11 is 0. The third-order valence-electron chi connectivity index (χ3n) is 6.46. The maximum absolute atomic E-state index is 9.67. The number of fused-ring (bicyclic) bond motifs is 4. The van der Waals surface area contributed by atoms with Crippen molar-refractivity contribution in [2.45, 2.75) is 45.1 Å². The van der Waals surface area contributed by atoms with Crippen LogP contribution in [0.25, 0.3) is 22.0 Å². The number of aryl methyl sites for hydroxylation is 1. The van der Waals surface area contributed by atoms with Crippen LogP contribution in [0.4, 0.5) is 0 Å². The van der Waals surface area contributed by atoms with Crippen LogP contribution in [0.5, 0.6) is 11.5 Å². The first kappa shape index (κ1) is 18.5. The lowest BCUT2D eigenvalue weighted by Gasteiger charge is -2.36. The zero-order valence-corrected chi connectivity index (χ0v) is 17.0. The average Bonchev–Trinajstić information content (AvgIpc) is 3.37. The third-order valence-corrected chi connectivity index (χ3v) is 6.46. The minimum absolute atomic E-state index is 0.117. The number of aromatic amines is 1. The van der Waals surface area contributed by atoms with Gasteiger partial charge in [0.25, 0.3) is 0 Å². The first-order valence-corrected chi connectivity index (χ1v) is 10.5. The largest absolute Gasteiger partial charge is 0.454 e. The van der Waals surface area contributed by atoms with E-state index < -0.39 is 5.60 Å². The minimum Gasteiger partial charge on any atom is -0.454 e. The summed E-state index contributed by atoms with van der Waals surface area (Å²) in [6.07, 6.45) is 3.27. The van der Waals surface area contributed by atoms with E-state index in [4.69, 9.17) is 14.2 Å². The van der Waals surface area contributed by atoms with Gasteiger partial charge in [-0.05, 0) is 65.8 Å². The van der Waals surface area contributed by atoms with Crippen LogP contribution >= 0.6 is 0 Å². The van der Waals surface area contributed by atoms with E-state index in [1.54, 1.807) is 0 Å². The normalized spacial score (nSPS) is 20.2. The summed E-state index contributed by atoms with van der Waals surface area (Å²) in [4.78, 5) is 3.70. The molecule has 3 aromatic rings. The second kappa shape index (κ2) is 7.08. The average molecular weight is 393 g/mol. The number of nitrogens with one attached hydrogen (secondary N) is 1. The Morgan fingerprint density at radius 1 is 1.07 bits per heavy atom. The van der Waals surface area contributed by atoms with E-state index in [0.29, 0.717) is 13.0 Å². The topological polar surface area (TPSA) is 63.7 Å². The van der Waals surface area contributed by atoms with Gasteiger partial charge >= 0.3 is 0 Å². The van der Waals surface area contributed by atoms with E-state index >= 15 is 0 Å². The zero-order chi connectivity index (χ0) is 20.0. The molecule has 5 nitrogen and oxygen atoms in total. The molecule has 1 aromatic heterocycles. The van der Waals surface area contributed by atoms with Crippen molar-refractivity contribution in [3.63, 3.8) is 0 Å². The highest BCUT2D eigenvalue weighted by molar-refractivity contribution is 5.92. The van der Waals surface area contributed by atoms with Crippen molar-refractivity contribution in [3.05, 3.63) is 47.2 Å². The summed E-state index contributed by atoms with van der Waals surface area (Å²) in [5.74, 6) is 1.61. The predicted molar refractivity (Wildman–Crippen MR) is 113 cm³/mol. The Morgan fingerprint density at radius 3 is 2.72 bits per heavy atom. The van der Waals surface area contributed by atoms with Crippen molar-refractivity contribution in [1.29, 1.82) is 0 Å². The number of rotatable bonds is 5. The Balaban J connectivity index is 1.70. The predicted octanol–water partition coefficient (Wildman–Crippen LogP) is 4.69. The summed E-state index contributed by atoms with van der Waals surface area (Å²) < 4.78 is 17.3. The molecule has 5 heteroatoms. The maximum atomic E-state index is 9.67. The molecule has 0 fully saturated rings. The smallest absolute Gasteiger partial charge is 0.231 e. The SMILES string of the molecule is CCc1cc(-c2ccc3c(c2)OCO3)cc2c3c([nH]c12)C(CC)(CCO)OCC3. The van der Waals surface area contributed by atoms with Crippen LogP contribution in [0.1, 0.15) is 43.5 Å². The van der Waals surface area contributed by atoms with E-state index in [1.807, 2.05) is 6.07 Å². The lowest BCUT2D eigenvalue weighted by molar-refractivity contribution is -0.0795. The quantitative estimate of drug-likeness (QED) is 0.660. The summed E-state index contributed by atoms with van der Waals surface area (Å²) in [5, 5.41) is 10.9. The van der Waals surface area contributed by atoms with Crippen LogP contribution in [0.3, 0.4) is 0 Å². The monoisotopic (exact) mass is 393 g/mol. The lowest BCUT2D eigenvalue weighted by atomic mass is 9.86. The second-order valence-corrected chi connectivity index (χ2v) is 7.88. The van der Waals surface area contributed by atoms with Gasteiger partial charge in [0, 0.05) is 23.9 Å². The number of ether oxygens (including phenoxy) is 3. The fourth-order valence-electron chi connectivity index (χ4n) is 4.85. The van der Waals surface area contributed by atoms with E-state index in [-0.39, 0.29) is 13.4 Å².